The van der Waals surface area contributed by atoms with E-state index in [9.17, 15) is 31.4 Å². The predicted octanol–water partition coefficient (Wildman–Crippen LogP) is 2.17. The molecule has 1 unspecified atom stereocenters. The van der Waals surface area contributed by atoms with Gasteiger partial charge in [-0.15, -0.1) is 0 Å². The Morgan fingerprint density at radius 2 is 1.57 bits per heavy atom. The molecule has 0 amide bonds. The third kappa shape index (κ3) is 6.10. The Morgan fingerprint density at radius 3 is 1.90 bits per heavy atom. The zero-order chi connectivity index (χ0) is 16.9. The van der Waals surface area contributed by atoms with Crippen molar-refractivity contribution in [2.24, 2.45) is 0 Å². The van der Waals surface area contributed by atoms with E-state index < -0.39 is 36.5 Å². The fourth-order valence-electron chi connectivity index (χ4n) is 1.46. The van der Waals surface area contributed by atoms with Gasteiger partial charge in [-0.3, -0.25) is 5.32 Å². The molecule has 0 spiro atoms. The quantitative estimate of drug-likeness (QED) is 0.382. The van der Waals surface area contributed by atoms with Crippen molar-refractivity contribution in [1.82, 2.24) is 10.2 Å². The molecular formula is C11H18F6N2O2. The number of nitrogens with one attached hydrogen (secondary N) is 1. The molecule has 0 aromatic heterocycles. The Balaban J connectivity index is 5.05. The van der Waals surface area contributed by atoms with Gasteiger partial charge in [0.15, 0.2) is 5.76 Å². The van der Waals surface area contributed by atoms with E-state index in [1.54, 1.807) is 24.1 Å². The number of rotatable bonds is 7. The molecule has 0 saturated heterocycles. The molecular weight excluding hydrogens is 306 g/mol. The molecule has 0 rings (SSSR count). The van der Waals surface area contributed by atoms with Crippen LogP contribution in [0.3, 0.4) is 0 Å². The smallest absolute Gasteiger partial charge is 0.448 e. The monoisotopic (exact) mass is 324 g/mol. The van der Waals surface area contributed by atoms with Gasteiger partial charge >= 0.3 is 12.4 Å². The van der Waals surface area contributed by atoms with Crippen LogP contribution < -0.4 is 5.32 Å². The van der Waals surface area contributed by atoms with Crippen LogP contribution in [0.1, 0.15) is 13.8 Å². The number of alkyl halides is 6. The number of nitrogens with zero attached hydrogens (tertiary/aromatic N) is 1. The molecule has 1 atom stereocenters. The average Bonchev–Trinajstić information content (AvgIpc) is 2.32. The first-order valence-corrected chi connectivity index (χ1v) is 6.12. The SMILES string of the molecule is CCN(CC)CCNC(O)(/C=C(\O)C(F)(F)F)C(F)(F)F. The Bertz CT molecular complexity index is 352. The highest BCUT2D eigenvalue weighted by atomic mass is 19.4. The van der Waals surface area contributed by atoms with E-state index in [-0.39, 0.29) is 6.54 Å². The molecule has 0 bridgehead atoms. The number of aliphatic hydroxyl groups is 2. The van der Waals surface area contributed by atoms with Crippen LogP contribution in [-0.4, -0.2) is 59.4 Å². The lowest BCUT2D eigenvalue weighted by atomic mass is 10.1. The molecule has 0 aromatic carbocycles. The van der Waals surface area contributed by atoms with Crippen molar-refractivity contribution < 1.29 is 36.6 Å². The van der Waals surface area contributed by atoms with Gasteiger partial charge in [-0.2, -0.15) is 26.3 Å². The second-order valence-electron chi connectivity index (χ2n) is 4.25. The Kier molecular flexibility index (Phi) is 6.97. The van der Waals surface area contributed by atoms with Crippen LogP contribution in [0.15, 0.2) is 11.8 Å². The zero-order valence-corrected chi connectivity index (χ0v) is 11.5. The number of hydrogen-bond donors (Lipinski definition) is 3. The van der Waals surface area contributed by atoms with Crippen molar-refractivity contribution in [3.63, 3.8) is 0 Å². The second-order valence-corrected chi connectivity index (χ2v) is 4.25. The lowest BCUT2D eigenvalue weighted by Gasteiger charge is -2.30. The van der Waals surface area contributed by atoms with E-state index in [0.29, 0.717) is 13.1 Å². The molecule has 0 radical (unpaired) electrons. The highest BCUT2D eigenvalue weighted by molar-refractivity contribution is 5.11. The molecule has 0 heterocycles. The summed E-state index contributed by atoms with van der Waals surface area (Å²) in [6, 6.07) is 0. The van der Waals surface area contributed by atoms with Crippen LogP contribution in [-0.2, 0) is 0 Å². The summed E-state index contributed by atoms with van der Waals surface area (Å²) in [7, 11) is 0. The van der Waals surface area contributed by atoms with Gasteiger partial charge in [-0.25, -0.2) is 0 Å². The standard InChI is InChI=1S/C11H18F6N2O2/c1-3-19(4-2)6-5-18-9(21,11(15,16)17)7-8(20)10(12,13)14/h7,18,20-21H,3-6H2,1-2H3/b8-7-. The Morgan fingerprint density at radius 1 is 1.10 bits per heavy atom. The third-order valence-electron chi connectivity index (χ3n) is 2.79. The van der Waals surface area contributed by atoms with Crippen LogP contribution in [0.5, 0.6) is 0 Å². The molecule has 0 saturated carbocycles. The molecule has 0 aliphatic rings. The Labute approximate surface area is 118 Å². The first kappa shape index (κ1) is 20.0. The molecule has 21 heavy (non-hydrogen) atoms. The highest BCUT2D eigenvalue weighted by Crippen LogP contribution is 2.33. The molecule has 0 fully saturated rings. The van der Waals surface area contributed by atoms with E-state index in [4.69, 9.17) is 5.11 Å². The third-order valence-corrected chi connectivity index (χ3v) is 2.79. The molecule has 126 valence electrons. The van der Waals surface area contributed by atoms with Gasteiger partial charge < -0.3 is 15.1 Å². The van der Waals surface area contributed by atoms with Crippen LogP contribution >= 0.6 is 0 Å². The summed E-state index contributed by atoms with van der Waals surface area (Å²) < 4.78 is 74.4. The van der Waals surface area contributed by atoms with Crippen LogP contribution in [0.4, 0.5) is 26.3 Å². The topological polar surface area (TPSA) is 55.7 Å². The Hall–Kier alpha value is -1.00. The van der Waals surface area contributed by atoms with Gasteiger partial charge in [0.2, 0.25) is 5.72 Å². The van der Waals surface area contributed by atoms with Crippen molar-refractivity contribution >= 4 is 0 Å². The van der Waals surface area contributed by atoms with E-state index >= 15 is 0 Å². The molecule has 4 nitrogen and oxygen atoms in total. The highest BCUT2D eigenvalue weighted by Gasteiger charge is 2.54. The van der Waals surface area contributed by atoms with Crippen molar-refractivity contribution in [3.05, 3.63) is 11.8 Å². The molecule has 3 N–H and O–H groups in total. The van der Waals surface area contributed by atoms with E-state index in [1.807, 2.05) is 0 Å². The van der Waals surface area contributed by atoms with Gasteiger partial charge in [-0.1, -0.05) is 13.8 Å². The maximum atomic E-state index is 12.7. The number of allylic oxidation sites excluding steroid dienone is 1. The number of likely N-dealkylation sites (N-methyl/N-ethyl adjacent to an activating group) is 1. The molecule has 0 aromatic rings. The summed E-state index contributed by atoms with van der Waals surface area (Å²) in [6.07, 6.45) is -11.5. The van der Waals surface area contributed by atoms with E-state index in [0.717, 1.165) is 0 Å². The van der Waals surface area contributed by atoms with Crippen molar-refractivity contribution in [2.75, 3.05) is 26.2 Å². The summed E-state index contributed by atoms with van der Waals surface area (Å²) in [5.74, 6) is -2.52. The summed E-state index contributed by atoms with van der Waals surface area (Å²) >= 11 is 0. The summed E-state index contributed by atoms with van der Waals surface area (Å²) in [6.45, 7) is 4.26. The van der Waals surface area contributed by atoms with Crippen molar-refractivity contribution in [1.29, 1.82) is 0 Å². The van der Waals surface area contributed by atoms with Gasteiger partial charge in [0, 0.05) is 19.2 Å². The van der Waals surface area contributed by atoms with E-state index in [1.165, 1.54) is 0 Å². The number of halogens is 6. The normalized spacial score (nSPS) is 17.1. The van der Waals surface area contributed by atoms with Gasteiger partial charge in [0.1, 0.15) is 0 Å². The van der Waals surface area contributed by atoms with Crippen molar-refractivity contribution in [2.45, 2.75) is 31.9 Å². The van der Waals surface area contributed by atoms with Crippen molar-refractivity contribution in [3.8, 4) is 0 Å². The molecule has 10 heteroatoms. The van der Waals surface area contributed by atoms with Crippen LogP contribution in [0.25, 0.3) is 0 Å². The first-order valence-electron chi connectivity index (χ1n) is 6.12. The van der Waals surface area contributed by atoms with Crippen LogP contribution in [0, 0.1) is 0 Å². The molecule has 0 aliphatic heterocycles. The predicted molar refractivity (Wildman–Crippen MR) is 63.6 cm³/mol. The van der Waals surface area contributed by atoms with Gasteiger partial charge in [-0.05, 0) is 13.1 Å². The van der Waals surface area contributed by atoms with Gasteiger partial charge in [0.05, 0.1) is 0 Å². The maximum Gasteiger partial charge on any atom is 0.448 e. The zero-order valence-electron chi connectivity index (χ0n) is 11.5. The number of aliphatic hydroxyl groups excluding tert-OH is 1. The lowest BCUT2D eigenvalue weighted by Crippen LogP contribution is -2.57. The van der Waals surface area contributed by atoms with E-state index in [2.05, 4.69) is 0 Å². The van der Waals surface area contributed by atoms with Gasteiger partial charge in [0.25, 0.3) is 0 Å². The minimum atomic E-state index is -5.42. The summed E-state index contributed by atoms with van der Waals surface area (Å²) in [4.78, 5) is 1.71. The molecule has 0 aliphatic carbocycles. The fraction of sp³-hybridized carbons (Fsp3) is 0.818. The summed E-state index contributed by atoms with van der Waals surface area (Å²) in [5.41, 5.74) is -3.96. The first-order chi connectivity index (χ1) is 9.37. The fourth-order valence-corrected chi connectivity index (χ4v) is 1.46. The summed E-state index contributed by atoms with van der Waals surface area (Å²) in [5, 5.41) is 19.6. The number of hydrogen-bond acceptors (Lipinski definition) is 4. The minimum absolute atomic E-state index is 0.0893. The maximum absolute atomic E-state index is 12.7. The minimum Gasteiger partial charge on any atom is -0.504 e. The second kappa shape index (κ2) is 7.32. The average molecular weight is 324 g/mol. The lowest BCUT2D eigenvalue weighted by molar-refractivity contribution is -0.253. The van der Waals surface area contributed by atoms with Crippen LogP contribution in [0.2, 0.25) is 0 Å². The largest absolute Gasteiger partial charge is 0.504 e.